The molecule has 0 radical (unpaired) electrons. The van der Waals surface area contributed by atoms with Gasteiger partial charge in [0, 0.05) is 18.0 Å². The lowest BCUT2D eigenvalue weighted by atomic mass is 10.1. The molecule has 0 spiro atoms. The van der Waals surface area contributed by atoms with E-state index in [0.29, 0.717) is 12.2 Å². The minimum atomic E-state index is -0.609. The smallest absolute Gasteiger partial charge is 0.241 e. The number of nitrogens with zero attached hydrogens (tertiary/aromatic N) is 6. The molecule has 0 bridgehead atoms. The number of hydrogen-bond donors (Lipinski definition) is 0. The summed E-state index contributed by atoms with van der Waals surface area (Å²) in [5, 5.41) is 4.44. The highest BCUT2D eigenvalue weighted by molar-refractivity contribution is 5.65. The summed E-state index contributed by atoms with van der Waals surface area (Å²) in [6.07, 6.45) is 6.81. The zero-order valence-electron chi connectivity index (χ0n) is 12.6. The number of halogens is 1. The third-order valence-electron chi connectivity index (χ3n) is 3.37. The molecule has 0 saturated heterocycles. The Morgan fingerprint density at radius 1 is 1.18 bits per heavy atom. The van der Waals surface area contributed by atoms with Crippen LogP contribution in [0.5, 0.6) is 0 Å². The highest BCUT2D eigenvalue weighted by atomic mass is 19.1. The average Bonchev–Trinajstić information content (AvgIpc) is 2.94. The Hall–Kier alpha value is -2.70. The fraction of sp³-hybridized carbons (Fsp3) is 0.267. The molecule has 3 aromatic heterocycles. The van der Waals surface area contributed by atoms with Gasteiger partial charge >= 0.3 is 0 Å². The average molecular weight is 298 g/mol. The second-order valence-corrected chi connectivity index (χ2v) is 4.94. The highest BCUT2D eigenvalue weighted by Crippen LogP contribution is 2.26. The van der Waals surface area contributed by atoms with Crippen molar-refractivity contribution in [3.63, 3.8) is 0 Å². The predicted octanol–water partition coefficient (Wildman–Crippen LogP) is 2.44. The summed E-state index contributed by atoms with van der Waals surface area (Å²) in [5.41, 5.74) is 3.68. The van der Waals surface area contributed by atoms with Gasteiger partial charge in [0.05, 0.1) is 17.6 Å². The van der Waals surface area contributed by atoms with E-state index in [1.165, 1.54) is 17.2 Å². The number of aromatic nitrogens is 6. The lowest BCUT2D eigenvalue weighted by molar-refractivity contribution is 0.563. The first kappa shape index (κ1) is 14.2. The molecule has 0 aliphatic carbocycles. The fourth-order valence-corrected chi connectivity index (χ4v) is 2.26. The third kappa shape index (κ3) is 2.45. The Morgan fingerprint density at radius 3 is 2.73 bits per heavy atom. The van der Waals surface area contributed by atoms with Crippen LogP contribution in [0.15, 0.2) is 24.9 Å². The molecule has 0 saturated carbocycles. The Bertz CT molecular complexity index is 827. The normalized spacial score (nSPS) is 10.9. The van der Waals surface area contributed by atoms with Crippen molar-refractivity contribution in [1.29, 1.82) is 0 Å². The van der Waals surface area contributed by atoms with Crippen LogP contribution in [0, 0.1) is 19.8 Å². The number of rotatable bonds is 3. The van der Waals surface area contributed by atoms with Gasteiger partial charge in [-0.05, 0) is 25.8 Å². The van der Waals surface area contributed by atoms with E-state index in [1.54, 1.807) is 12.4 Å². The van der Waals surface area contributed by atoms with Crippen LogP contribution in [-0.2, 0) is 6.42 Å². The second kappa shape index (κ2) is 5.59. The predicted molar refractivity (Wildman–Crippen MR) is 79.0 cm³/mol. The van der Waals surface area contributed by atoms with Crippen LogP contribution in [0.3, 0.4) is 0 Å². The van der Waals surface area contributed by atoms with Gasteiger partial charge in [-0.25, -0.2) is 24.6 Å². The molecule has 0 aliphatic rings. The molecule has 7 heteroatoms. The van der Waals surface area contributed by atoms with Crippen LogP contribution in [-0.4, -0.2) is 29.7 Å². The van der Waals surface area contributed by atoms with Crippen LogP contribution >= 0.6 is 0 Å². The van der Waals surface area contributed by atoms with Crippen LogP contribution in [0.1, 0.15) is 24.0 Å². The van der Waals surface area contributed by atoms with Gasteiger partial charge in [0.25, 0.3) is 0 Å². The maximum atomic E-state index is 13.8. The van der Waals surface area contributed by atoms with Crippen molar-refractivity contribution in [1.82, 2.24) is 29.7 Å². The van der Waals surface area contributed by atoms with Crippen LogP contribution < -0.4 is 0 Å². The molecule has 0 unspecified atom stereocenters. The quantitative estimate of drug-likeness (QED) is 0.695. The van der Waals surface area contributed by atoms with E-state index >= 15 is 0 Å². The molecule has 0 N–H and O–H groups in total. The highest BCUT2D eigenvalue weighted by Gasteiger charge is 2.16. The minimum Gasteiger partial charge on any atom is -0.242 e. The Balaban J connectivity index is 2.18. The van der Waals surface area contributed by atoms with E-state index in [1.807, 2.05) is 20.8 Å². The summed E-state index contributed by atoms with van der Waals surface area (Å²) in [4.78, 5) is 16.1. The van der Waals surface area contributed by atoms with Gasteiger partial charge in [0.2, 0.25) is 5.95 Å². The summed E-state index contributed by atoms with van der Waals surface area (Å²) in [6.45, 7) is 5.78. The molecule has 0 atom stereocenters. The minimum absolute atomic E-state index is 0.215. The molecule has 6 nitrogen and oxygen atoms in total. The first-order chi connectivity index (χ1) is 10.6. The zero-order chi connectivity index (χ0) is 15.7. The van der Waals surface area contributed by atoms with Crippen molar-refractivity contribution in [3.05, 3.63) is 47.9 Å². The van der Waals surface area contributed by atoms with E-state index in [-0.39, 0.29) is 5.69 Å². The molecule has 3 heterocycles. The molecule has 3 aromatic rings. The molecule has 3 rings (SSSR count). The van der Waals surface area contributed by atoms with Crippen LogP contribution in [0.2, 0.25) is 0 Å². The van der Waals surface area contributed by atoms with E-state index in [2.05, 4.69) is 25.0 Å². The van der Waals surface area contributed by atoms with Gasteiger partial charge in [-0.15, -0.1) is 0 Å². The third-order valence-corrected chi connectivity index (χ3v) is 3.37. The van der Waals surface area contributed by atoms with Crippen molar-refractivity contribution in [2.45, 2.75) is 27.2 Å². The summed E-state index contributed by atoms with van der Waals surface area (Å²) in [7, 11) is 0. The Kier molecular flexibility index (Phi) is 3.62. The summed E-state index contributed by atoms with van der Waals surface area (Å²) < 4.78 is 15.3. The largest absolute Gasteiger partial charge is 0.242 e. The Labute approximate surface area is 127 Å². The number of aryl methyl sites for hydroxylation is 3. The fourth-order valence-electron chi connectivity index (χ4n) is 2.26. The lowest BCUT2D eigenvalue weighted by Crippen LogP contribution is -2.01. The molecule has 0 aromatic carbocycles. The van der Waals surface area contributed by atoms with Crippen molar-refractivity contribution in [2.24, 2.45) is 0 Å². The van der Waals surface area contributed by atoms with Crippen molar-refractivity contribution < 1.29 is 4.39 Å². The second-order valence-electron chi connectivity index (χ2n) is 4.94. The van der Waals surface area contributed by atoms with Crippen molar-refractivity contribution >= 4 is 0 Å². The SMILES string of the molecule is CCc1nn(-c2cncnc2F)cc1-c1nc(C)ncc1C. The lowest BCUT2D eigenvalue weighted by Gasteiger charge is -2.04. The zero-order valence-corrected chi connectivity index (χ0v) is 12.6. The number of hydrogen-bond acceptors (Lipinski definition) is 5. The van der Waals surface area contributed by atoms with Gasteiger partial charge in [-0.2, -0.15) is 9.49 Å². The molecular formula is C15H15FN6. The molecule has 0 amide bonds. The van der Waals surface area contributed by atoms with E-state index in [9.17, 15) is 4.39 Å². The standard InChI is InChI=1S/C15H15FN6/c1-4-12-11(14-9(2)5-18-10(3)20-14)7-22(21-12)13-6-17-8-19-15(13)16/h5-8H,4H2,1-3H3. The van der Waals surface area contributed by atoms with E-state index < -0.39 is 5.95 Å². The molecule has 0 aliphatic heterocycles. The molecular weight excluding hydrogens is 283 g/mol. The van der Waals surface area contributed by atoms with Crippen molar-refractivity contribution in [3.8, 4) is 16.9 Å². The molecule has 0 fully saturated rings. The monoisotopic (exact) mass is 298 g/mol. The maximum absolute atomic E-state index is 13.8. The van der Waals surface area contributed by atoms with Crippen LogP contribution in [0.4, 0.5) is 4.39 Å². The summed E-state index contributed by atoms with van der Waals surface area (Å²) >= 11 is 0. The topological polar surface area (TPSA) is 69.4 Å². The van der Waals surface area contributed by atoms with Gasteiger partial charge < -0.3 is 0 Å². The van der Waals surface area contributed by atoms with Gasteiger partial charge in [-0.1, -0.05) is 6.92 Å². The van der Waals surface area contributed by atoms with Crippen LogP contribution in [0.25, 0.3) is 16.9 Å². The maximum Gasteiger partial charge on any atom is 0.241 e. The van der Waals surface area contributed by atoms with Gasteiger partial charge in [0.15, 0.2) is 0 Å². The summed E-state index contributed by atoms with van der Waals surface area (Å²) in [6, 6.07) is 0. The Morgan fingerprint density at radius 2 is 2.00 bits per heavy atom. The molecule has 112 valence electrons. The van der Waals surface area contributed by atoms with Crippen molar-refractivity contribution in [2.75, 3.05) is 0 Å². The summed E-state index contributed by atoms with van der Waals surface area (Å²) in [5.74, 6) is 0.0759. The van der Waals surface area contributed by atoms with E-state index in [4.69, 9.17) is 0 Å². The van der Waals surface area contributed by atoms with Gasteiger partial charge in [-0.3, -0.25) is 0 Å². The first-order valence-corrected chi connectivity index (χ1v) is 6.95. The van der Waals surface area contributed by atoms with E-state index in [0.717, 1.165) is 22.5 Å². The molecule has 22 heavy (non-hydrogen) atoms. The first-order valence-electron chi connectivity index (χ1n) is 6.95. The van der Waals surface area contributed by atoms with Gasteiger partial charge in [0.1, 0.15) is 17.8 Å².